The Morgan fingerprint density at radius 2 is 2.15 bits per heavy atom. The predicted octanol–water partition coefficient (Wildman–Crippen LogP) is 3.65. The monoisotopic (exact) mass is 358 g/mol. The molecule has 1 saturated carbocycles. The summed E-state index contributed by atoms with van der Waals surface area (Å²) in [6.07, 6.45) is 5.20. The summed E-state index contributed by atoms with van der Waals surface area (Å²) >= 11 is 0. The van der Waals surface area contributed by atoms with Gasteiger partial charge < -0.3 is 14.8 Å². The van der Waals surface area contributed by atoms with E-state index in [1.807, 2.05) is 6.92 Å². The van der Waals surface area contributed by atoms with E-state index in [0.717, 1.165) is 18.4 Å². The fourth-order valence-corrected chi connectivity index (χ4v) is 2.87. The molecule has 1 aromatic heterocycles. The molecule has 0 unspecified atom stereocenters. The Morgan fingerprint density at radius 3 is 2.81 bits per heavy atom. The molecule has 1 amide bonds. The number of pyridine rings is 1. The van der Waals surface area contributed by atoms with Gasteiger partial charge in [-0.15, -0.1) is 0 Å². The number of halogens is 1. The first kappa shape index (κ1) is 18.2. The minimum atomic E-state index is -0.457. The zero-order chi connectivity index (χ0) is 18.5. The number of carbonyl (C=O) groups is 1. The van der Waals surface area contributed by atoms with E-state index in [1.54, 1.807) is 24.4 Å². The highest BCUT2D eigenvalue weighted by Gasteiger charge is 2.21. The maximum Gasteiger partial charge on any atom is 0.257 e. The van der Waals surface area contributed by atoms with E-state index in [4.69, 9.17) is 9.47 Å². The van der Waals surface area contributed by atoms with Crippen LogP contribution in [0.4, 0.5) is 4.39 Å². The highest BCUT2D eigenvalue weighted by molar-refractivity contribution is 5.97. The summed E-state index contributed by atoms with van der Waals surface area (Å²) in [5, 5.41) is 2.81. The molecule has 0 atom stereocenters. The number of benzene rings is 1. The minimum absolute atomic E-state index is 0.176. The average molecular weight is 358 g/mol. The number of hydrogen-bond acceptors (Lipinski definition) is 4. The van der Waals surface area contributed by atoms with Crippen LogP contribution in [0.1, 0.15) is 40.7 Å². The number of methoxy groups -OCH3 is 1. The number of nitrogens with one attached hydrogen (secondary N) is 1. The molecule has 138 valence electrons. The first-order valence-electron chi connectivity index (χ1n) is 8.77. The summed E-state index contributed by atoms with van der Waals surface area (Å²) < 4.78 is 24.5. The topological polar surface area (TPSA) is 60.5 Å². The summed E-state index contributed by atoms with van der Waals surface area (Å²) in [4.78, 5) is 16.9. The van der Waals surface area contributed by atoms with Gasteiger partial charge in [0.2, 0.25) is 5.88 Å². The van der Waals surface area contributed by atoms with Gasteiger partial charge in [0, 0.05) is 12.7 Å². The van der Waals surface area contributed by atoms with E-state index in [-0.39, 0.29) is 18.2 Å². The highest BCUT2D eigenvalue weighted by atomic mass is 19.1. The normalized spacial score (nSPS) is 13.8. The van der Waals surface area contributed by atoms with Crippen LogP contribution in [-0.4, -0.2) is 24.6 Å². The van der Waals surface area contributed by atoms with Gasteiger partial charge in [-0.2, -0.15) is 0 Å². The number of hydrogen-bond donors (Lipinski definition) is 1. The van der Waals surface area contributed by atoms with Crippen molar-refractivity contribution in [1.82, 2.24) is 10.3 Å². The number of aromatic nitrogens is 1. The SMILES string of the molecule is COc1ccc(CNC(=O)c2c(C)ccnc2OCC2CCC2)cc1F. The van der Waals surface area contributed by atoms with Crippen LogP contribution in [0.3, 0.4) is 0 Å². The summed E-state index contributed by atoms with van der Waals surface area (Å²) in [7, 11) is 1.41. The molecule has 0 bridgehead atoms. The van der Waals surface area contributed by atoms with Crippen molar-refractivity contribution in [3.05, 3.63) is 53.0 Å². The fourth-order valence-electron chi connectivity index (χ4n) is 2.87. The van der Waals surface area contributed by atoms with Crippen LogP contribution in [0.5, 0.6) is 11.6 Å². The third-order valence-corrected chi connectivity index (χ3v) is 4.70. The van der Waals surface area contributed by atoms with Gasteiger partial charge in [-0.05, 0) is 55.0 Å². The molecular weight excluding hydrogens is 335 g/mol. The van der Waals surface area contributed by atoms with Gasteiger partial charge in [0.05, 0.1) is 13.7 Å². The number of aryl methyl sites for hydroxylation is 1. The minimum Gasteiger partial charge on any atom is -0.494 e. The Hall–Kier alpha value is -2.63. The van der Waals surface area contributed by atoms with Crippen molar-refractivity contribution in [2.24, 2.45) is 5.92 Å². The van der Waals surface area contributed by atoms with E-state index in [9.17, 15) is 9.18 Å². The molecule has 3 rings (SSSR count). The first-order valence-corrected chi connectivity index (χ1v) is 8.77. The number of nitrogens with zero attached hydrogens (tertiary/aromatic N) is 1. The molecule has 1 aliphatic rings. The van der Waals surface area contributed by atoms with Crippen LogP contribution in [0.2, 0.25) is 0 Å². The fraction of sp³-hybridized carbons (Fsp3) is 0.400. The van der Waals surface area contributed by atoms with Crippen LogP contribution in [-0.2, 0) is 6.54 Å². The van der Waals surface area contributed by atoms with Gasteiger partial charge in [-0.3, -0.25) is 4.79 Å². The standard InChI is InChI=1S/C20H23FN2O3/c1-13-8-9-22-20(26-12-14-4-3-5-14)18(13)19(24)23-11-15-6-7-17(25-2)16(21)10-15/h6-10,14H,3-5,11-12H2,1-2H3,(H,23,24). The lowest BCUT2D eigenvalue weighted by atomic mass is 9.86. The lowest BCUT2D eigenvalue weighted by Crippen LogP contribution is -2.26. The van der Waals surface area contributed by atoms with E-state index in [1.165, 1.54) is 19.6 Å². The Morgan fingerprint density at radius 1 is 1.35 bits per heavy atom. The second-order valence-electron chi connectivity index (χ2n) is 6.57. The molecule has 0 saturated heterocycles. The molecule has 2 aromatic rings. The number of carbonyl (C=O) groups excluding carboxylic acids is 1. The third-order valence-electron chi connectivity index (χ3n) is 4.70. The molecule has 0 spiro atoms. The Bertz CT molecular complexity index is 791. The van der Waals surface area contributed by atoms with E-state index < -0.39 is 5.82 Å². The smallest absolute Gasteiger partial charge is 0.257 e. The molecule has 0 radical (unpaired) electrons. The number of ether oxygens (including phenoxy) is 2. The number of amides is 1. The molecular formula is C20H23FN2O3. The van der Waals surface area contributed by atoms with E-state index >= 15 is 0 Å². The predicted molar refractivity (Wildman–Crippen MR) is 95.9 cm³/mol. The summed E-state index contributed by atoms with van der Waals surface area (Å²) in [6.45, 7) is 2.64. The van der Waals surface area contributed by atoms with Gasteiger partial charge >= 0.3 is 0 Å². The quantitative estimate of drug-likeness (QED) is 0.821. The van der Waals surface area contributed by atoms with Gasteiger partial charge in [0.15, 0.2) is 11.6 Å². The maximum absolute atomic E-state index is 13.8. The molecule has 0 aliphatic heterocycles. The van der Waals surface area contributed by atoms with Crippen molar-refractivity contribution >= 4 is 5.91 Å². The van der Waals surface area contributed by atoms with Crippen LogP contribution in [0.15, 0.2) is 30.5 Å². The van der Waals surface area contributed by atoms with E-state index in [0.29, 0.717) is 29.5 Å². The van der Waals surface area contributed by atoms with Crippen molar-refractivity contribution in [2.45, 2.75) is 32.7 Å². The maximum atomic E-state index is 13.8. The summed E-state index contributed by atoms with van der Waals surface area (Å²) in [6, 6.07) is 6.38. The number of rotatable bonds is 7. The van der Waals surface area contributed by atoms with Crippen molar-refractivity contribution in [3.63, 3.8) is 0 Å². The zero-order valence-electron chi connectivity index (χ0n) is 15.0. The van der Waals surface area contributed by atoms with Gasteiger partial charge in [0.1, 0.15) is 5.56 Å². The third kappa shape index (κ3) is 4.12. The van der Waals surface area contributed by atoms with Crippen LogP contribution in [0.25, 0.3) is 0 Å². The van der Waals surface area contributed by atoms with Gasteiger partial charge in [0.25, 0.3) is 5.91 Å². The van der Waals surface area contributed by atoms with Gasteiger partial charge in [-0.1, -0.05) is 12.5 Å². The van der Waals surface area contributed by atoms with E-state index in [2.05, 4.69) is 10.3 Å². The summed E-state index contributed by atoms with van der Waals surface area (Å²) in [5.41, 5.74) is 1.87. The van der Waals surface area contributed by atoms with Crippen LogP contribution < -0.4 is 14.8 Å². The van der Waals surface area contributed by atoms with Crippen molar-refractivity contribution in [1.29, 1.82) is 0 Å². The molecule has 1 aliphatic carbocycles. The van der Waals surface area contributed by atoms with Crippen LogP contribution in [0, 0.1) is 18.7 Å². The largest absolute Gasteiger partial charge is 0.494 e. The van der Waals surface area contributed by atoms with Crippen LogP contribution >= 0.6 is 0 Å². The molecule has 6 heteroatoms. The lowest BCUT2D eigenvalue weighted by molar-refractivity contribution is 0.0941. The van der Waals surface area contributed by atoms with Crippen molar-refractivity contribution in [2.75, 3.05) is 13.7 Å². The molecule has 1 heterocycles. The first-order chi connectivity index (χ1) is 12.6. The zero-order valence-corrected chi connectivity index (χ0v) is 15.0. The van der Waals surface area contributed by atoms with Crippen molar-refractivity contribution in [3.8, 4) is 11.6 Å². The lowest BCUT2D eigenvalue weighted by Gasteiger charge is -2.25. The second-order valence-corrected chi connectivity index (χ2v) is 6.57. The molecule has 5 nitrogen and oxygen atoms in total. The van der Waals surface area contributed by atoms with Crippen molar-refractivity contribution < 1.29 is 18.7 Å². The Balaban J connectivity index is 1.67. The average Bonchev–Trinajstić information content (AvgIpc) is 2.58. The molecule has 1 aromatic carbocycles. The molecule has 1 fully saturated rings. The Kier molecular flexibility index (Phi) is 5.71. The highest BCUT2D eigenvalue weighted by Crippen LogP contribution is 2.28. The second kappa shape index (κ2) is 8.17. The molecule has 1 N–H and O–H groups in total. The Labute approximate surface area is 152 Å². The van der Waals surface area contributed by atoms with Gasteiger partial charge in [-0.25, -0.2) is 9.37 Å². The summed E-state index contributed by atoms with van der Waals surface area (Å²) in [5.74, 6) is 0.345. The molecule has 26 heavy (non-hydrogen) atoms.